The van der Waals surface area contributed by atoms with E-state index in [1.807, 2.05) is 37.3 Å². The second-order valence-electron chi connectivity index (χ2n) is 6.98. The van der Waals surface area contributed by atoms with E-state index in [2.05, 4.69) is 42.4 Å². The van der Waals surface area contributed by atoms with Crippen LogP contribution in [0.2, 0.25) is 0 Å². The lowest BCUT2D eigenvalue weighted by Crippen LogP contribution is -2.17. The summed E-state index contributed by atoms with van der Waals surface area (Å²) in [5.41, 5.74) is 4.62. The predicted molar refractivity (Wildman–Crippen MR) is 138 cm³/mol. The smallest absolute Gasteiger partial charge is 0.271 e. The quantitative estimate of drug-likeness (QED) is 0.232. The lowest BCUT2D eigenvalue weighted by molar-refractivity contribution is 0.0954. The Hall–Kier alpha value is -3.04. The van der Waals surface area contributed by atoms with Crippen molar-refractivity contribution < 1.29 is 23.7 Å². The van der Waals surface area contributed by atoms with Gasteiger partial charge in [-0.05, 0) is 70.4 Å². The molecule has 0 atom stereocenters. The van der Waals surface area contributed by atoms with E-state index in [-0.39, 0.29) is 0 Å². The van der Waals surface area contributed by atoms with E-state index in [1.54, 1.807) is 24.3 Å². The van der Waals surface area contributed by atoms with Crippen LogP contribution in [-0.2, 0) is 6.61 Å². The number of amides is 1. The molecule has 0 unspecified atom stereocenters. The summed E-state index contributed by atoms with van der Waals surface area (Å²) in [7, 11) is 3.05. The van der Waals surface area contributed by atoms with Gasteiger partial charge in [-0.15, -0.1) is 0 Å². The molecule has 34 heavy (non-hydrogen) atoms. The molecule has 0 aromatic heterocycles. The summed E-state index contributed by atoms with van der Waals surface area (Å²) in [6.07, 6.45) is 1.53. The number of nitrogens with zero attached hydrogens (tertiary/aromatic N) is 1. The van der Waals surface area contributed by atoms with Crippen molar-refractivity contribution in [2.75, 3.05) is 20.8 Å². The third-order valence-electron chi connectivity index (χ3n) is 4.62. The maximum Gasteiger partial charge on any atom is 0.271 e. The monoisotopic (exact) mass is 590 g/mol. The summed E-state index contributed by atoms with van der Waals surface area (Å²) in [5, 5.41) is 4.07. The second-order valence-corrected chi connectivity index (χ2v) is 8.75. The van der Waals surface area contributed by atoms with Crippen molar-refractivity contribution in [3.05, 3.63) is 80.2 Å². The number of halogens is 2. The molecule has 3 aromatic carbocycles. The van der Waals surface area contributed by atoms with E-state index in [0.717, 1.165) is 15.6 Å². The Labute approximate surface area is 215 Å². The molecule has 0 fully saturated rings. The van der Waals surface area contributed by atoms with Gasteiger partial charge in [0.05, 0.1) is 31.5 Å². The van der Waals surface area contributed by atoms with E-state index < -0.39 is 5.91 Å². The first-order valence-electron chi connectivity index (χ1n) is 10.3. The van der Waals surface area contributed by atoms with Gasteiger partial charge in [0.1, 0.15) is 18.1 Å². The summed E-state index contributed by atoms with van der Waals surface area (Å²) >= 11 is 6.98. The lowest BCUT2D eigenvalue weighted by atomic mass is 10.2. The fourth-order valence-electron chi connectivity index (χ4n) is 2.97. The number of hydrogen-bond donors (Lipinski definition) is 1. The SMILES string of the molecule is CCOc1cc(/C=N\NC(=O)c2cc(OC)cc(OC)c2)cc(Br)c1OCc1ccc(Br)cc1. The van der Waals surface area contributed by atoms with Crippen LogP contribution < -0.4 is 24.4 Å². The van der Waals surface area contributed by atoms with Crippen LogP contribution in [0.25, 0.3) is 0 Å². The molecule has 0 aliphatic rings. The standard InChI is InChI=1S/C25H24Br2N2O5/c1-4-33-23-10-17(9-22(27)24(23)34-15-16-5-7-19(26)8-6-16)14-28-29-25(30)18-11-20(31-2)13-21(12-18)32-3/h5-14H,4,15H2,1-3H3,(H,29,30)/b28-14-. The highest BCUT2D eigenvalue weighted by atomic mass is 79.9. The van der Waals surface area contributed by atoms with Gasteiger partial charge < -0.3 is 18.9 Å². The summed E-state index contributed by atoms with van der Waals surface area (Å²) in [4.78, 5) is 12.5. The first-order valence-corrected chi connectivity index (χ1v) is 11.9. The number of ether oxygens (including phenoxy) is 4. The number of rotatable bonds is 10. The fourth-order valence-corrected chi connectivity index (χ4v) is 3.81. The molecule has 0 radical (unpaired) electrons. The van der Waals surface area contributed by atoms with Crippen molar-refractivity contribution in [3.63, 3.8) is 0 Å². The van der Waals surface area contributed by atoms with Gasteiger partial charge in [0.25, 0.3) is 5.91 Å². The van der Waals surface area contributed by atoms with Gasteiger partial charge in [-0.3, -0.25) is 4.79 Å². The first-order chi connectivity index (χ1) is 16.4. The first kappa shape index (κ1) is 25.6. The zero-order valence-corrected chi connectivity index (χ0v) is 22.1. The van der Waals surface area contributed by atoms with E-state index in [9.17, 15) is 4.79 Å². The zero-order valence-electron chi connectivity index (χ0n) is 18.9. The largest absolute Gasteiger partial charge is 0.497 e. The van der Waals surface area contributed by atoms with Crippen LogP contribution in [-0.4, -0.2) is 32.9 Å². The molecule has 0 saturated carbocycles. The highest BCUT2D eigenvalue weighted by Crippen LogP contribution is 2.37. The van der Waals surface area contributed by atoms with Gasteiger partial charge in [0.15, 0.2) is 11.5 Å². The predicted octanol–water partition coefficient (Wildman–Crippen LogP) is 5.97. The molecule has 0 saturated heterocycles. The van der Waals surface area contributed by atoms with Gasteiger partial charge in [-0.25, -0.2) is 5.43 Å². The molecule has 3 rings (SSSR count). The van der Waals surface area contributed by atoms with E-state index in [4.69, 9.17) is 18.9 Å². The summed E-state index contributed by atoms with van der Waals surface area (Å²) in [6, 6.07) is 16.4. The average molecular weight is 592 g/mol. The summed E-state index contributed by atoms with van der Waals surface area (Å²) in [6.45, 7) is 2.76. The Morgan fingerprint density at radius 1 is 0.971 bits per heavy atom. The number of hydrogen-bond acceptors (Lipinski definition) is 6. The number of methoxy groups -OCH3 is 2. The number of carbonyl (C=O) groups excluding carboxylic acids is 1. The van der Waals surface area contributed by atoms with Crippen molar-refractivity contribution in [1.29, 1.82) is 0 Å². The van der Waals surface area contributed by atoms with E-state index >= 15 is 0 Å². The molecule has 3 aromatic rings. The molecule has 0 bridgehead atoms. The second kappa shape index (κ2) is 12.4. The summed E-state index contributed by atoms with van der Waals surface area (Å²) < 4.78 is 23.9. The molecule has 1 N–H and O–H groups in total. The highest BCUT2D eigenvalue weighted by Gasteiger charge is 2.13. The highest BCUT2D eigenvalue weighted by molar-refractivity contribution is 9.10. The Morgan fingerprint density at radius 3 is 2.26 bits per heavy atom. The minimum absolute atomic E-state index is 0.362. The molecule has 7 nitrogen and oxygen atoms in total. The topological polar surface area (TPSA) is 78.4 Å². The van der Waals surface area contributed by atoms with E-state index in [1.165, 1.54) is 20.4 Å². The maximum absolute atomic E-state index is 12.5. The van der Waals surface area contributed by atoms with Crippen LogP contribution in [0, 0.1) is 0 Å². The molecule has 0 aliphatic carbocycles. The van der Waals surface area contributed by atoms with Gasteiger partial charge in [0.2, 0.25) is 0 Å². The minimum Gasteiger partial charge on any atom is -0.497 e. The number of carbonyl (C=O) groups is 1. The van der Waals surface area contributed by atoms with Crippen molar-refractivity contribution in [3.8, 4) is 23.0 Å². The minimum atomic E-state index is -0.396. The molecular weight excluding hydrogens is 568 g/mol. The van der Waals surface area contributed by atoms with Gasteiger partial charge in [-0.1, -0.05) is 28.1 Å². The Balaban J connectivity index is 1.73. The van der Waals surface area contributed by atoms with Crippen LogP contribution in [0.3, 0.4) is 0 Å². The molecule has 0 aliphatic heterocycles. The fraction of sp³-hybridized carbons (Fsp3) is 0.200. The van der Waals surface area contributed by atoms with Crippen molar-refractivity contribution >= 4 is 44.0 Å². The van der Waals surface area contributed by atoms with Crippen LogP contribution in [0.5, 0.6) is 23.0 Å². The summed E-state index contributed by atoms with van der Waals surface area (Å²) in [5.74, 6) is 1.79. The lowest BCUT2D eigenvalue weighted by Gasteiger charge is -2.14. The Kier molecular flexibility index (Phi) is 9.35. The van der Waals surface area contributed by atoms with Crippen molar-refractivity contribution in [2.24, 2.45) is 5.10 Å². The molecule has 9 heteroatoms. The van der Waals surface area contributed by atoms with Crippen LogP contribution >= 0.6 is 31.9 Å². The molecule has 178 valence electrons. The molecule has 0 spiro atoms. The third kappa shape index (κ3) is 6.98. The Bertz CT molecular complexity index is 1140. The maximum atomic E-state index is 12.5. The number of benzene rings is 3. The van der Waals surface area contributed by atoms with Gasteiger partial charge in [0, 0.05) is 16.1 Å². The molecular formula is C25H24Br2N2O5. The van der Waals surface area contributed by atoms with Crippen LogP contribution in [0.1, 0.15) is 28.4 Å². The molecule has 1 amide bonds. The Morgan fingerprint density at radius 2 is 1.65 bits per heavy atom. The number of hydrazone groups is 1. The van der Waals surface area contributed by atoms with Crippen molar-refractivity contribution in [1.82, 2.24) is 5.43 Å². The van der Waals surface area contributed by atoms with Crippen LogP contribution in [0.4, 0.5) is 0 Å². The van der Waals surface area contributed by atoms with Gasteiger partial charge >= 0.3 is 0 Å². The van der Waals surface area contributed by atoms with Gasteiger partial charge in [-0.2, -0.15) is 5.10 Å². The molecule has 0 heterocycles. The zero-order chi connectivity index (χ0) is 24.5. The van der Waals surface area contributed by atoms with E-state index in [0.29, 0.717) is 46.2 Å². The normalized spacial score (nSPS) is 10.7. The van der Waals surface area contributed by atoms with Crippen LogP contribution in [0.15, 0.2) is 68.6 Å². The van der Waals surface area contributed by atoms with Crippen molar-refractivity contribution in [2.45, 2.75) is 13.5 Å². The number of nitrogens with one attached hydrogen (secondary N) is 1. The average Bonchev–Trinajstić information content (AvgIpc) is 2.84. The third-order valence-corrected chi connectivity index (χ3v) is 5.74.